The predicted octanol–water partition coefficient (Wildman–Crippen LogP) is 5.65. The van der Waals surface area contributed by atoms with Crippen molar-refractivity contribution in [2.75, 3.05) is 14.2 Å². The van der Waals surface area contributed by atoms with Gasteiger partial charge in [-0.2, -0.15) is 0 Å². The Labute approximate surface area is 143 Å². The van der Waals surface area contributed by atoms with Gasteiger partial charge < -0.3 is 9.47 Å². The summed E-state index contributed by atoms with van der Waals surface area (Å²) >= 11 is 0. The van der Waals surface area contributed by atoms with Gasteiger partial charge in [0.05, 0.1) is 14.2 Å². The van der Waals surface area contributed by atoms with Crippen molar-refractivity contribution in [1.29, 1.82) is 0 Å². The van der Waals surface area contributed by atoms with Crippen LogP contribution in [0.2, 0.25) is 0 Å². The Morgan fingerprint density at radius 2 is 0.958 bits per heavy atom. The molecule has 122 valence electrons. The molecule has 0 unspecified atom stereocenters. The van der Waals surface area contributed by atoms with Crippen molar-refractivity contribution in [3.8, 4) is 33.8 Å². The van der Waals surface area contributed by atoms with Gasteiger partial charge in [-0.25, -0.2) is 0 Å². The lowest BCUT2D eigenvalue weighted by molar-refractivity contribution is 0.396. The van der Waals surface area contributed by atoms with Gasteiger partial charge in [-0.05, 0) is 42.2 Å². The van der Waals surface area contributed by atoms with E-state index in [9.17, 15) is 0 Å². The summed E-state index contributed by atoms with van der Waals surface area (Å²) in [5.74, 6) is 1.64. The SMILES string of the molecule is COc1cc(OC)c(-c2ccccc2C)cc1-c1ccccc1C. The molecule has 3 aromatic rings. The Morgan fingerprint density at radius 3 is 1.33 bits per heavy atom. The lowest BCUT2D eigenvalue weighted by Crippen LogP contribution is -1.96. The molecule has 2 nitrogen and oxygen atoms in total. The lowest BCUT2D eigenvalue weighted by Gasteiger charge is -2.17. The van der Waals surface area contributed by atoms with Crippen LogP contribution in [0.5, 0.6) is 11.5 Å². The first kappa shape index (κ1) is 16.1. The lowest BCUT2D eigenvalue weighted by atomic mass is 9.93. The van der Waals surface area contributed by atoms with Crippen LogP contribution in [0.1, 0.15) is 11.1 Å². The Hall–Kier alpha value is -2.74. The number of hydrogen-bond donors (Lipinski definition) is 0. The molecule has 0 saturated carbocycles. The van der Waals surface area contributed by atoms with Crippen molar-refractivity contribution in [2.24, 2.45) is 0 Å². The molecule has 3 rings (SSSR count). The molecule has 2 heteroatoms. The highest BCUT2D eigenvalue weighted by Crippen LogP contribution is 2.42. The molecule has 0 N–H and O–H groups in total. The Morgan fingerprint density at radius 1 is 0.542 bits per heavy atom. The number of aryl methyl sites for hydroxylation is 2. The van der Waals surface area contributed by atoms with Crippen LogP contribution in [-0.2, 0) is 0 Å². The van der Waals surface area contributed by atoms with E-state index in [1.165, 1.54) is 22.3 Å². The smallest absolute Gasteiger partial charge is 0.130 e. The number of hydrogen-bond acceptors (Lipinski definition) is 2. The second kappa shape index (κ2) is 6.79. The van der Waals surface area contributed by atoms with Crippen LogP contribution in [0.25, 0.3) is 22.3 Å². The van der Waals surface area contributed by atoms with E-state index >= 15 is 0 Å². The molecule has 0 aliphatic carbocycles. The van der Waals surface area contributed by atoms with E-state index in [1.54, 1.807) is 14.2 Å². The van der Waals surface area contributed by atoms with Gasteiger partial charge in [0.15, 0.2) is 0 Å². The summed E-state index contributed by atoms with van der Waals surface area (Å²) in [5, 5.41) is 0. The van der Waals surface area contributed by atoms with Crippen LogP contribution in [0.3, 0.4) is 0 Å². The molecule has 0 heterocycles. The summed E-state index contributed by atoms with van der Waals surface area (Å²) in [6, 6.07) is 20.8. The van der Waals surface area contributed by atoms with Gasteiger partial charge in [0.25, 0.3) is 0 Å². The van der Waals surface area contributed by atoms with E-state index in [0.29, 0.717) is 0 Å². The Bertz CT molecular complexity index is 797. The summed E-state index contributed by atoms with van der Waals surface area (Å²) in [5.41, 5.74) is 6.94. The van der Waals surface area contributed by atoms with Gasteiger partial charge in [0, 0.05) is 17.2 Å². The molecule has 24 heavy (non-hydrogen) atoms. The highest BCUT2D eigenvalue weighted by atomic mass is 16.5. The highest BCUT2D eigenvalue weighted by Gasteiger charge is 2.16. The van der Waals surface area contributed by atoms with Crippen LogP contribution in [0, 0.1) is 13.8 Å². The summed E-state index contributed by atoms with van der Waals surface area (Å²) < 4.78 is 11.3. The van der Waals surface area contributed by atoms with Gasteiger partial charge in [-0.15, -0.1) is 0 Å². The summed E-state index contributed by atoms with van der Waals surface area (Å²) in [7, 11) is 3.40. The van der Waals surface area contributed by atoms with Gasteiger partial charge in [0.1, 0.15) is 11.5 Å². The molecular weight excluding hydrogens is 296 g/mol. The minimum absolute atomic E-state index is 0.818. The van der Waals surface area contributed by atoms with E-state index in [4.69, 9.17) is 9.47 Å². The maximum Gasteiger partial charge on any atom is 0.130 e. The zero-order chi connectivity index (χ0) is 17.1. The summed E-state index contributed by atoms with van der Waals surface area (Å²) in [6.07, 6.45) is 0. The first-order chi connectivity index (χ1) is 11.7. The average molecular weight is 318 g/mol. The molecule has 0 aliphatic rings. The van der Waals surface area contributed by atoms with Crippen molar-refractivity contribution < 1.29 is 9.47 Å². The van der Waals surface area contributed by atoms with Crippen molar-refractivity contribution in [2.45, 2.75) is 13.8 Å². The quantitative estimate of drug-likeness (QED) is 0.618. The van der Waals surface area contributed by atoms with E-state index in [2.05, 4.69) is 68.4 Å². The van der Waals surface area contributed by atoms with Crippen LogP contribution in [0.15, 0.2) is 60.7 Å². The molecule has 0 bridgehead atoms. The molecule has 3 aromatic carbocycles. The zero-order valence-corrected chi connectivity index (χ0v) is 14.6. The van der Waals surface area contributed by atoms with Crippen LogP contribution < -0.4 is 9.47 Å². The van der Waals surface area contributed by atoms with E-state index < -0.39 is 0 Å². The Kier molecular flexibility index (Phi) is 4.57. The third-order valence-electron chi connectivity index (χ3n) is 4.39. The predicted molar refractivity (Wildman–Crippen MR) is 99.9 cm³/mol. The standard InChI is InChI=1S/C22H22O2/c1-15-9-5-7-11-17(15)19-13-20(18-12-8-6-10-16(18)2)22(24-4)14-21(19)23-3/h5-14H,1-4H3. The van der Waals surface area contributed by atoms with Gasteiger partial charge in [-0.1, -0.05) is 48.5 Å². The zero-order valence-electron chi connectivity index (χ0n) is 14.6. The number of benzene rings is 3. The Balaban J connectivity index is 2.29. The minimum atomic E-state index is 0.818. The topological polar surface area (TPSA) is 18.5 Å². The van der Waals surface area contributed by atoms with E-state index in [1.807, 2.05) is 6.07 Å². The first-order valence-electron chi connectivity index (χ1n) is 8.03. The molecule has 0 spiro atoms. The second-order valence-electron chi connectivity index (χ2n) is 5.88. The molecule has 0 radical (unpaired) electrons. The first-order valence-corrected chi connectivity index (χ1v) is 8.03. The number of rotatable bonds is 4. The van der Waals surface area contributed by atoms with Gasteiger partial charge in [-0.3, -0.25) is 0 Å². The van der Waals surface area contributed by atoms with Crippen molar-refractivity contribution in [3.63, 3.8) is 0 Å². The van der Waals surface area contributed by atoms with Gasteiger partial charge >= 0.3 is 0 Å². The van der Waals surface area contributed by atoms with E-state index in [-0.39, 0.29) is 0 Å². The average Bonchev–Trinajstić information content (AvgIpc) is 2.61. The van der Waals surface area contributed by atoms with Gasteiger partial charge in [0.2, 0.25) is 0 Å². The molecule has 0 aliphatic heterocycles. The number of methoxy groups -OCH3 is 2. The van der Waals surface area contributed by atoms with Crippen molar-refractivity contribution in [1.82, 2.24) is 0 Å². The molecule has 0 atom stereocenters. The largest absolute Gasteiger partial charge is 0.496 e. The normalized spacial score (nSPS) is 10.5. The summed E-state index contributed by atoms with van der Waals surface area (Å²) in [6.45, 7) is 4.24. The fourth-order valence-electron chi connectivity index (χ4n) is 3.07. The molecule has 0 fully saturated rings. The minimum Gasteiger partial charge on any atom is -0.496 e. The fraction of sp³-hybridized carbons (Fsp3) is 0.182. The number of ether oxygens (including phenoxy) is 2. The third kappa shape index (κ3) is 2.88. The van der Waals surface area contributed by atoms with Crippen molar-refractivity contribution >= 4 is 0 Å². The summed E-state index contributed by atoms with van der Waals surface area (Å²) in [4.78, 5) is 0. The van der Waals surface area contributed by atoms with Crippen molar-refractivity contribution in [3.05, 3.63) is 71.8 Å². The maximum absolute atomic E-state index is 5.64. The molecule has 0 amide bonds. The highest BCUT2D eigenvalue weighted by molar-refractivity contribution is 5.84. The molecular formula is C22H22O2. The third-order valence-corrected chi connectivity index (χ3v) is 4.39. The van der Waals surface area contributed by atoms with E-state index in [0.717, 1.165) is 22.6 Å². The monoisotopic (exact) mass is 318 g/mol. The maximum atomic E-state index is 5.64. The fourth-order valence-corrected chi connectivity index (χ4v) is 3.07. The molecule has 0 aromatic heterocycles. The molecule has 0 saturated heterocycles. The second-order valence-corrected chi connectivity index (χ2v) is 5.88. The van der Waals surface area contributed by atoms with Crippen LogP contribution in [0.4, 0.5) is 0 Å². The van der Waals surface area contributed by atoms with Crippen LogP contribution in [-0.4, -0.2) is 14.2 Å². The van der Waals surface area contributed by atoms with Crippen LogP contribution >= 0.6 is 0 Å².